The maximum atomic E-state index is 14.3. The first kappa shape index (κ1) is 36.3. The van der Waals surface area contributed by atoms with Crippen LogP contribution in [0.15, 0.2) is 30.0 Å². The van der Waals surface area contributed by atoms with E-state index in [0.29, 0.717) is 28.2 Å². The molecule has 8 heteroatoms. The molecule has 5 rings (SSSR count). The predicted molar refractivity (Wildman–Crippen MR) is 198 cm³/mol. The standard InChI is InChI=1S/C41H56N4O4/c1-10-12-18-44-19-14-15-26-21-28(30(23-32(26)44)42-38(48)40(4,5)6)34-36(46)35(37(34)47)29-22-27-17-16-25(3)45(20-13-11-2)33(27)24-31(29)43-39(49)41(7,8)9/h21-25H,10-20H2,1-9H3,(H2,42,43,46,47,48,49). The second kappa shape index (κ2) is 14.1. The zero-order valence-corrected chi connectivity index (χ0v) is 31.2. The van der Waals surface area contributed by atoms with Gasteiger partial charge in [-0.05, 0) is 56.4 Å². The van der Waals surface area contributed by atoms with Gasteiger partial charge in [0.2, 0.25) is 17.2 Å². The number of aryl methyl sites for hydroxylation is 2. The molecule has 1 unspecified atom stereocenters. The van der Waals surface area contributed by atoms with Gasteiger partial charge in [0, 0.05) is 75.5 Å². The molecule has 0 bridgehead atoms. The van der Waals surface area contributed by atoms with Crippen molar-refractivity contribution in [3.8, 4) is 0 Å². The number of benzene rings is 2. The first-order chi connectivity index (χ1) is 23.1. The molecule has 1 atom stereocenters. The lowest BCUT2D eigenvalue weighted by molar-refractivity contribution is -0.292. The zero-order valence-electron chi connectivity index (χ0n) is 31.2. The van der Waals surface area contributed by atoms with Gasteiger partial charge in [0.15, 0.2) is 5.78 Å². The number of amides is 2. The van der Waals surface area contributed by atoms with Crippen LogP contribution in [0.1, 0.15) is 118 Å². The fourth-order valence-electron chi connectivity index (χ4n) is 6.94. The summed E-state index contributed by atoms with van der Waals surface area (Å²) in [6, 6.07) is 8.20. The third-order valence-electron chi connectivity index (χ3n) is 10.2. The Balaban J connectivity index is 1.72. The van der Waals surface area contributed by atoms with Crippen LogP contribution in [0.3, 0.4) is 0 Å². The van der Waals surface area contributed by atoms with Crippen molar-refractivity contribution in [1.29, 1.82) is 0 Å². The maximum Gasteiger partial charge on any atom is 0.229 e. The first-order valence-corrected chi connectivity index (χ1v) is 18.4. The van der Waals surface area contributed by atoms with E-state index in [1.807, 2.05) is 65.8 Å². The number of anilines is 3. The van der Waals surface area contributed by atoms with Crippen LogP contribution in [0.5, 0.6) is 0 Å². The van der Waals surface area contributed by atoms with Crippen LogP contribution in [-0.2, 0) is 27.2 Å². The molecule has 0 radical (unpaired) electrons. The van der Waals surface area contributed by atoms with Crippen LogP contribution < -0.4 is 35.8 Å². The monoisotopic (exact) mass is 668 g/mol. The number of carbonyl (C=O) groups excluding carboxylic acids is 3. The van der Waals surface area contributed by atoms with E-state index in [-0.39, 0.29) is 34.5 Å². The molecule has 3 aliphatic rings. The van der Waals surface area contributed by atoms with Crippen molar-refractivity contribution < 1.29 is 19.5 Å². The molecule has 0 fully saturated rings. The molecule has 2 amide bonds. The SMILES string of the molecule is CCCCN1c2cc(NC(=O)C(C)(C)C)c(C3=C([O-])/C(=c4\cc5c(cc4NC(=O)C(C)(C)C)=[N+](CCCC)CCC5)C3=O)cc2CCC1C. The molecule has 2 aliphatic heterocycles. The van der Waals surface area contributed by atoms with E-state index in [1.54, 1.807) is 0 Å². The van der Waals surface area contributed by atoms with Gasteiger partial charge < -0.3 is 20.6 Å². The van der Waals surface area contributed by atoms with Crippen LogP contribution in [0, 0.1) is 10.8 Å². The fourth-order valence-corrected chi connectivity index (χ4v) is 6.94. The van der Waals surface area contributed by atoms with Crippen LogP contribution in [-0.4, -0.2) is 43.3 Å². The Morgan fingerprint density at radius 1 is 0.878 bits per heavy atom. The molecule has 2 heterocycles. The van der Waals surface area contributed by atoms with Crippen molar-refractivity contribution in [1.82, 2.24) is 4.58 Å². The molecule has 2 aromatic carbocycles. The van der Waals surface area contributed by atoms with Crippen molar-refractivity contribution in [3.05, 3.63) is 57.3 Å². The molecule has 2 N–H and O–H groups in total. The maximum absolute atomic E-state index is 14.3. The molecule has 0 aromatic heterocycles. The minimum atomic E-state index is -0.674. The molecule has 8 nitrogen and oxygen atoms in total. The lowest BCUT2D eigenvalue weighted by atomic mass is 9.79. The predicted octanol–water partition coefficient (Wildman–Crippen LogP) is 5.34. The molecule has 0 saturated carbocycles. The normalized spacial score (nSPS) is 19.0. The minimum absolute atomic E-state index is 0.0936. The Morgan fingerprint density at radius 3 is 2.14 bits per heavy atom. The van der Waals surface area contributed by atoms with Crippen LogP contribution >= 0.6 is 0 Å². The van der Waals surface area contributed by atoms with Crippen LogP contribution in [0.4, 0.5) is 17.1 Å². The largest absolute Gasteiger partial charge is 0.871 e. The van der Waals surface area contributed by atoms with Crippen molar-refractivity contribution >= 4 is 45.8 Å². The Labute approximate surface area is 292 Å². The second-order valence-electron chi connectivity index (χ2n) is 16.2. The van der Waals surface area contributed by atoms with Gasteiger partial charge in [-0.15, -0.1) is 0 Å². The van der Waals surface area contributed by atoms with Gasteiger partial charge in [0.05, 0.1) is 11.4 Å². The molecular formula is C41H56N4O4. The molecular weight excluding hydrogens is 612 g/mol. The highest BCUT2D eigenvalue weighted by Gasteiger charge is 2.35. The topological polar surface area (TPSA) is 105 Å². The van der Waals surface area contributed by atoms with E-state index in [1.165, 1.54) is 0 Å². The summed E-state index contributed by atoms with van der Waals surface area (Å²) in [5.74, 6) is -1.07. The lowest BCUT2D eigenvalue weighted by Crippen LogP contribution is -2.42. The number of nitrogens with zero attached hydrogens (tertiary/aromatic N) is 2. The number of ketones is 1. The number of hydrogen-bond donors (Lipinski definition) is 2. The molecule has 1 aliphatic carbocycles. The van der Waals surface area contributed by atoms with Gasteiger partial charge in [0.1, 0.15) is 13.1 Å². The van der Waals surface area contributed by atoms with E-state index >= 15 is 0 Å². The zero-order chi connectivity index (χ0) is 35.8. The lowest BCUT2D eigenvalue weighted by Gasteiger charge is -2.39. The van der Waals surface area contributed by atoms with Gasteiger partial charge in [-0.3, -0.25) is 14.4 Å². The van der Waals surface area contributed by atoms with Crippen molar-refractivity contribution in [2.24, 2.45) is 10.8 Å². The van der Waals surface area contributed by atoms with Gasteiger partial charge in [-0.2, -0.15) is 0 Å². The molecule has 264 valence electrons. The Morgan fingerprint density at radius 2 is 1.53 bits per heavy atom. The number of carbonyl (C=O) groups is 3. The number of rotatable bonds is 9. The number of unbranched alkanes of at least 4 members (excludes halogenated alkanes) is 2. The van der Waals surface area contributed by atoms with E-state index in [4.69, 9.17) is 0 Å². The van der Waals surface area contributed by atoms with Gasteiger partial charge in [0.25, 0.3) is 0 Å². The first-order valence-electron chi connectivity index (χ1n) is 18.4. The summed E-state index contributed by atoms with van der Waals surface area (Å²) >= 11 is 0. The average molecular weight is 669 g/mol. The second-order valence-corrected chi connectivity index (χ2v) is 16.2. The number of hydrogen-bond acceptors (Lipinski definition) is 5. The highest BCUT2D eigenvalue weighted by Crippen LogP contribution is 2.43. The fraction of sp³-hybridized carbons (Fsp3) is 0.561. The molecule has 49 heavy (non-hydrogen) atoms. The summed E-state index contributed by atoms with van der Waals surface area (Å²) in [5.41, 5.74) is 3.52. The van der Waals surface area contributed by atoms with Gasteiger partial charge in [-0.25, -0.2) is 4.58 Å². The summed E-state index contributed by atoms with van der Waals surface area (Å²) in [6.45, 7) is 20.4. The van der Waals surface area contributed by atoms with E-state index in [2.05, 4.69) is 40.9 Å². The Bertz CT molecular complexity index is 1820. The summed E-state index contributed by atoms with van der Waals surface area (Å²) in [5, 5.41) is 22.0. The highest BCUT2D eigenvalue weighted by molar-refractivity contribution is 6.52. The quantitative estimate of drug-likeness (QED) is 0.351. The third-order valence-corrected chi connectivity index (χ3v) is 10.2. The summed E-state index contributed by atoms with van der Waals surface area (Å²) < 4.78 is 2.35. The third kappa shape index (κ3) is 7.34. The summed E-state index contributed by atoms with van der Waals surface area (Å²) in [4.78, 5) is 43.4. The number of nitrogens with one attached hydrogen (secondary N) is 2. The Kier molecular flexibility index (Phi) is 10.5. The minimum Gasteiger partial charge on any atom is -0.871 e. The molecule has 0 spiro atoms. The summed E-state index contributed by atoms with van der Waals surface area (Å²) in [7, 11) is 0. The van der Waals surface area contributed by atoms with Crippen molar-refractivity contribution in [2.45, 2.75) is 120 Å². The van der Waals surface area contributed by atoms with E-state index in [0.717, 1.165) is 93.2 Å². The average Bonchev–Trinajstić information content (AvgIpc) is 3.03. The smallest absolute Gasteiger partial charge is 0.229 e. The van der Waals surface area contributed by atoms with E-state index < -0.39 is 10.8 Å². The highest BCUT2D eigenvalue weighted by atomic mass is 16.3. The Hall–Kier alpha value is -3.94. The number of fused-ring (bicyclic) bond motifs is 2. The number of Topliss-reactive ketones (excluding diaryl/α,β-unsaturated/α-hetero) is 1. The van der Waals surface area contributed by atoms with Gasteiger partial charge >= 0.3 is 0 Å². The molecule has 2 aromatic rings. The van der Waals surface area contributed by atoms with E-state index in [9.17, 15) is 19.5 Å². The summed E-state index contributed by atoms with van der Waals surface area (Å²) in [6.07, 6.45) is 7.88. The van der Waals surface area contributed by atoms with Crippen LogP contribution in [0.2, 0.25) is 0 Å². The molecule has 0 saturated heterocycles. The van der Waals surface area contributed by atoms with Gasteiger partial charge in [-0.1, -0.05) is 74.0 Å². The van der Waals surface area contributed by atoms with Crippen LogP contribution in [0.25, 0.3) is 11.1 Å². The van der Waals surface area contributed by atoms with Crippen molar-refractivity contribution in [2.75, 3.05) is 35.2 Å². The van der Waals surface area contributed by atoms with Crippen molar-refractivity contribution in [3.63, 3.8) is 0 Å². The number of allylic oxidation sites excluding steroid dienone is 2.